The molecule has 0 bridgehead atoms. The van der Waals surface area contributed by atoms with Gasteiger partial charge in [-0.2, -0.15) is 17.9 Å². The minimum absolute atomic E-state index is 0.154. The SMILES string of the molecule is Cc1cc(C)c(S(=O)(=O)NC(C)C(=O)O)c(C)c1.O=C(O)C(F)(F)F. The van der Waals surface area contributed by atoms with Crippen molar-refractivity contribution in [2.45, 2.75) is 44.8 Å². The molecule has 0 amide bonds. The van der Waals surface area contributed by atoms with Gasteiger partial charge in [0.15, 0.2) is 0 Å². The molecule has 1 unspecified atom stereocenters. The van der Waals surface area contributed by atoms with Crippen LogP contribution in [0.1, 0.15) is 23.6 Å². The van der Waals surface area contributed by atoms with Gasteiger partial charge in [-0.25, -0.2) is 13.2 Å². The maximum absolute atomic E-state index is 12.1. The molecule has 0 saturated carbocycles. The summed E-state index contributed by atoms with van der Waals surface area (Å²) in [4.78, 5) is 19.8. The summed E-state index contributed by atoms with van der Waals surface area (Å²) in [5.74, 6) is -3.96. The van der Waals surface area contributed by atoms with Crippen LogP contribution in [0.25, 0.3) is 0 Å². The number of nitrogens with one attached hydrogen (secondary N) is 1. The highest BCUT2D eigenvalue weighted by Crippen LogP contribution is 2.21. The molecule has 0 aliphatic rings. The highest BCUT2D eigenvalue weighted by molar-refractivity contribution is 7.89. The fourth-order valence-corrected chi connectivity index (χ4v) is 3.58. The van der Waals surface area contributed by atoms with Crippen LogP contribution in [0.15, 0.2) is 17.0 Å². The molecular weight excluding hydrogens is 367 g/mol. The van der Waals surface area contributed by atoms with Gasteiger partial charge >= 0.3 is 18.1 Å². The van der Waals surface area contributed by atoms with Crippen molar-refractivity contribution in [3.63, 3.8) is 0 Å². The van der Waals surface area contributed by atoms with E-state index in [1.54, 1.807) is 26.0 Å². The molecule has 0 aliphatic heterocycles. The highest BCUT2D eigenvalue weighted by atomic mass is 32.2. The van der Waals surface area contributed by atoms with Crippen LogP contribution in [0.3, 0.4) is 0 Å². The average Bonchev–Trinajstić information content (AvgIpc) is 2.35. The third kappa shape index (κ3) is 7.10. The fourth-order valence-electron chi connectivity index (χ4n) is 1.93. The topological polar surface area (TPSA) is 121 Å². The zero-order valence-electron chi connectivity index (χ0n) is 13.8. The van der Waals surface area contributed by atoms with Crippen molar-refractivity contribution in [1.29, 1.82) is 0 Å². The molecule has 0 aliphatic carbocycles. The summed E-state index contributed by atoms with van der Waals surface area (Å²) in [6, 6.07) is 2.36. The van der Waals surface area contributed by atoms with Gasteiger partial charge in [0, 0.05) is 0 Å². The molecule has 25 heavy (non-hydrogen) atoms. The minimum atomic E-state index is -5.08. The Labute approximate surface area is 142 Å². The quantitative estimate of drug-likeness (QED) is 0.729. The number of alkyl halides is 3. The second-order valence-electron chi connectivity index (χ2n) is 5.21. The third-order valence-corrected chi connectivity index (χ3v) is 4.66. The Hall–Kier alpha value is -2.14. The predicted molar refractivity (Wildman–Crippen MR) is 81.8 cm³/mol. The van der Waals surface area contributed by atoms with Crippen molar-refractivity contribution in [3.05, 3.63) is 28.8 Å². The Kier molecular flexibility index (Phi) is 7.59. The van der Waals surface area contributed by atoms with Crippen molar-refractivity contribution in [2.75, 3.05) is 0 Å². The zero-order chi connectivity index (χ0) is 20.2. The van der Waals surface area contributed by atoms with Gasteiger partial charge in [0.1, 0.15) is 6.04 Å². The van der Waals surface area contributed by atoms with E-state index in [1.807, 2.05) is 6.92 Å². The monoisotopic (exact) mass is 385 g/mol. The molecule has 3 N–H and O–H groups in total. The smallest absolute Gasteiger partial charge is 0.480 e. The number of carbonyl (C=O) groups is 2. The first kappa shape index (κ1) is 22.9. The van der Waals surface area contributed by atoms with E-state index in [1.165, 1.54) is 6.92 Å². The number of hydrogen-bond donors (Lipinski definition) is 3. The summed E-state index contributed by atoms with van der Waals surface area (Å²) in [5.41, 5.74) is 2.19. The Bertz CT molecular complexity index is 735. The Morgan fingerprint density at radius 2 is 1.44 bits per heavy atom. The maximum Gasteiger partial charge on any atom is 0.490 e. The highest BCUT2D eigenvalue weighted by Gasteiger charge is 2.38. The minimum Gasteiger partial charge on any atom is -0.480 e. The number of hydrogen-bond acceptors (Lipinski definition) is 4. The predicted octanol–water partition coefficient (Wildman–Crippen LogP) is 2.00. The molecule has 0 radical (unpaired) electrons. The lowest BCUT2D eigenvalue weighted by molar-refractivity contribution is -0.192. The first-order valence-electron chi connectivity index (χ1n) is 6.72. The van der Waals surface area contributed by atoms with Gasteiger partial charge in [0.25, 0.3) is 0 Å². The summed E-state index contributed by atoms with van der Waals surface area (Å²) >= 11 is 0. The van der Waals surface area contributed by atoms with Crippen LogP contribution < -0.4 is 4.72 Å². The third-order valence-electron chi connectivity index (χ3n) is 2.82. The number of aliphatic carboxylic acids is 2. The maximum atomic E-state index is 12.1. The van der Waals surface area contributed by atoms with E-state index < -0.39 is 34.2 Å². The number of sulfonamides is 1. The lowest BCUT2D eigenvalue weighted by Gasteiger charge is -2.15. The van der Waals surface area contributed by atoms with Gasteiger partial charge in [-0.15, -0.1) is 0 Å². The largest absolute Gasteiger partial charge is 0.490 e. The number of carboxylic acid groups (broad SMARTS) is 2. The molecule has 0 heterocycles. The van der Waals surface area contributed by atoms with Crippen molar-refractivity contribution in [2.24, 2.45) is 0 Å². The number of aryl methyl sites for hydroxylation is 3. The Morgan fingerprint density at radius 3 is 1.72 bits per heavy atom. The standard InChI is InChI=1S/C12H17NO4S.C2HF3O2/c1-7-5-8(2)11(9(3)6-7)18(16,17)13-10(4)12(14)15;3-2(4,5)1(6)7/h5-6,10,13H,1-4H3,(H,14,15);(H,6,7). The average molecular weight is 385 g/mol. The second-order valence-corrected chi connectivity index (χ2v) is 6.86. The van der Waals surface area contributed by atoms with Crippen molar-refractivity contribution >= 4 is 22.0 Å². The fraction of sp³-hybridized carbons (Fsp3) is 0.429. The summed E-state index contributed by atoms with van der Waals surface area (Å²) in [5, 5.41) is 15.9. The van der Waals surface area contributed by atoms with Crippen molar-refractivity contribution in [3.8, 4) is 0 Å². The van der Waals surface area contributed by atoms with Crippen LogP contribution in [0.4, 0.5) is 13.2 Å². The van der Waals surface area contributed by atoms with Gasteiger partial charge in [-0.05, 0) is 38.8 Å². The number of rotatable bonds is 4. The molecule has 7 nitrogen and oxygen atoms in total. The molecule has 0 spiro atoms. The number of benzene rings is 1. The molecular formula is C14H18F3NO6S. The summed E-state index contributed by atoms with van der Waals surface area (Å²) < 4.78 is 58.1. The van der Waals surface area contributed by atoms with E-state index in [4.69, 9.17) is 15.0 Å². The van der Waals surface area contributed by atoms with E-state index >= 15 is 0 Å². The van der Waals surface area contributed by atoms with E-state index in [-0.39, 0.29) is 4.90 Å². The summed E-state index contributed by atoms with van der Waals surface area (Å²) in [6.45, 7) is 6.56. The zero-order valence-corrected chi connectivity index (χ0v) is 14.6. The lowest BCUT2D eigenvalue weighted by atomic mass is 10.1. The van der Waals surface area contributed by atoms with Crippen LogP contribution in [0.2, 0.25) is 0 Å². The van der Waals surface area contributed by atoms with E-state index in [9.17, 15) is 26.4 Å². The first-order valence-corrected chi connectivity index (χ1v) is 8.21. The van der Waals surface area contributed by atoms with Crippen LogP contribution in [-0.2, 0) is 19.6 Å². The molecule has 1 aromatic rings. The van der Waals surface area contributed by atoms with Gasteiger partial charge in [-0.1, -0.05) is 17.7 Å². The summed E-state index contributed by atoms with van der Waals surface area (Å²) in [6.07, 6.45) is -5.08. The normalized spacial score (nSPS) is 12.8. The number of carboxylic acids is 2. The summed E-state index contributed by atoms with van der Waals surface area (Å²) in [7, 11) is -3.81. The molecule has 0 fully saturated rings. The van der Waals surface area contributed by atoms with Crippen LogP contribution in [0.5, 0.6) is 0 Å². The Balaban J connectivity index is 0.000000697. The Morgan fingerprint density at radius 1 is 1.08 bits per heavy atom. The lowest BCUT2D eigenvalue weighted by Crippen LogP contribution is -2.38. The van der Waals surface area contributed by atoms with Crippen LogP contribution in [-0.4, -0.2) is 42.8 Å². The molecule has 11 heteroatoms. The second kappa shape index (κ2) is 8.30. The molecule has 142 valence electrons. The van der Waals surface area contributed by atoms with Crippen molar-refractivity contribution < 1.29 is 41.4 Å². The van der Waals surface area contributed by atoms with E-state index in [0.717, 1.165) is 5.56 Å². The van der Waals surface area contributed by atoms with Gasteiger partial charge in [0.2, 0.25) is 10.0 Å². The van der Waals surface area contributed by atoms with Crippen LogP contribution >= 0.6 is 0 Å². The van der Waals surface area contributed by atoms with Crippen molar-refractivity contribution in [1.82, 2.24) is 4.72 Å². The van der Waals surface area contributed by atoms with Gasteiger partial charge in [0.05, 0.1) is 4.90 Å². The molecule has 0 saturated heterocycles. The molecule has 1 aromatic carbocycles. The van der Waals surface area contributed by atoms with E-state index in [0.29, 0.717) is 11.1 Å². The van der Waals surface area contributed by atoms with Gasteiger partial charge < -0.3 is 10.2 Å². The van der Waals surface area contributed by atoms with Gasteiger partial charge in [-0.3, -0.25) is 4.79 Å². The van der Waals surface area contributed by atoms with Crippen LogP contribution in [0, 0.1) is 20.8 Å². The molecule has 1 rings (SSSR count). The van der Waals surface area contributed by atoms with E-state index in [2.05, 4.69) is 4.72 Å². The molecule has 0 aromatic heterocycles. The molecule has 1 atom stereocenters. The number of halogens is 3. The first-order chi connectivity index (χ1) is 11.1.